The number of hydrogen-bond donors (Lipinski definition) is 2. The molecule has 0 aliphatic carbocycles. The molecule has 1 aromatic heterocycles. The van der Waals surface area contributed by atoms with Crippen molar-refractivity contribution in [3.05, 3.63) is 53.6 Å². The van der Waals surface area contributed by atoms with Gasteiger partial charge in [-0.3, -0.25) is 4.79 Å². The van der Waals surface area contributed by atoms with E-state index in [2.05, 4.69) is 31.9 Å². The third-order valence-electron chi connectivity index (χ3n) is 8.69. The summed E-state index contributed by atoms with van der Waals surface area (Å²) in [5, 5.41) is 0.636. The van der Waals surface area contributed by atoms with Gasteiger partial charge in [0.15, 0.2) is 6.61 Å². The lowest BCUT2D eigenvalue weighted by Crippen LogP contribution is -2.59. The predicted octanol–water partition coefficient (Wildman–Crippen LogP) is 10.2. The Morgan fingerprint density at radius 2 is 1.43 bits per heavy atom. The van der Waals surface area contributed by atoms with Crippen LogP contribution in [-0.2, 0) is 36.6 Å². The molecule has 8 nitrogen and oxygen atoms in total. The minimum absolute atomic E-state index is 0.00621. The summed E-state index contributed by atoms with van der Waals surface area (Å²) in [7, 11) is 0. The van der Waals surface area contributed by atoms with Crippen LogP contribution in [0.25, 0.3) is 22.3 Å². The number of halogens is 8. The number of fused-ring (bicyclic) bond motifs is 1. The Balaban J connectivity index is 1.60. The van der Waals surface area contributed by atoms with Crippen molar-refractivity contribution in [2.24, 2.45) is 16.9 Å². The van der Waals surface area contributed by atoms with Crippen molar-refractivity contribution in [1.82, 2.24) is 0 Å². The zero-order valence-corrected chi connectivity index (χ0v) is 32.1. The fourth-order valence-electron chi connectivity index (χ4n) is 5.63. The van der Waals surface area contributed by atoms with E-state index < -0.39 is 59.6 Å². The van der Waals surface area contributed by atoms with E-state index >= 15 is 0 Å². The molecule has 3 rings (SSSR count). The van der Waals surface area contributed by atoms with E-state index in [0.29, 0.717) is 28.5 Å². The molecule has 0 bridgehead atoms. The first-order chi connectivity index (χ1) is 24.6. The SMILES string of the molecule is CCCCCc1ccc(-c2cc3ccc(SCC(F)(F)OC(F)(F)OC(F)(F)OC(F)(F)COC(=O)C(C)(C)C(C)(N)CC(C)(C)N)cc3o2)c(CC)c1. The Hall–Kier alpha value is -2.96. The van der Waals surface area contributed by atoms with Gasteiger partial charge in [0.05, 0.1) is 11.2 Å². The molecule has 1 unspecified atom stereocenters. The number of carbonyl (C=O) groups is 1. The number of furan rings is 1. The molecule has 3 aromatic rings. The number of hydrogen-bond acceptors (Lipinski definition) is 9. The summed E-state index contributed by atoms with van der Waals surface area (Å²) in [5.74, 6) is -2.37. The Labute approximate surface area is 313 Å². The van der Waals surface area contributed by atoms with E-state index in [1.807, 2.05) is 19.1 Å². The third-order valence-corrected chi connectivity index (χ3v) is 9.76. The first-order valence-electron chi connectivity index (χ1n) is 17.3. The number of nitrogens with two attached hydrogens (primary N) is 2. The molecule has 2 aromatic carbocycles. The van der Waals surface area contributed by atoms with E-state index in [9.17, 15) is 39.9 Å². The maximum atomic E-state index is 14.5. The number of aryl methyl sites for hydroxylation is 2. The van der Waals surface area contributed by atoms with Crippen LogP contribution in [0.15, 0.2) is 51.8 Å². The van der Waals surface area contributed by atoms with Gasteiger partial charge in [0.2, 0.25) is 0 Å². The van der Waals surface area contributed by atoms with Gasteiger partial charge in [-0.25, -0.2) is 14.2 Å². The molecule has 0 fully saturated rings. The molecule has 0 radical (unpaired) electrons. The minimum atomic E-state index is -5.90. The first kappa shape index (κ1) is 45.4. The number of esters is 1. The van der Waals surface area contributed by atoms with Crippen LogP contribution in [0, 0.1) is 5.41 Å². The standard InChI is InChI=1S/C37H48F8N2O6S/c1-8-10-11-12-23-13-16-27(24(9-2)17-23)29-18-25-14-15-26(19-28(25)50-29)54-22-35(40,41)52-37(44,45)53-36(42,43)51-34(38,39)21-49-30(48)32(5,6)33(7,47)20-31(3,4)46/h13-19H,8-12,20-22,46-47H2,1-7H3. The zero-order chi connectivity index (χ0) is 41.0. The number of thioether (sulfide) groups is 1. The van der Waals surface area contributed by atoms with Crippen molar-refractivity contribution in [3.63, 3.8) is 0 Å². The Bertz CT molecular complexity index is 1730. The Kier molecular flexibility index (Phi) is 14.3. The predicted molar refractivity (Wildman–Crippen MR) is 188 cm³/mol. The molecule has 54 heavy (non-hydrogen) atoms. The lowest BCUT2D eigenvalue weighted by molar-refractivity contribution is -0.572. The van der Waals surface area contributed by atoms with Crippen molar-refractivity contribution >= 4 is 28.7 Å². The summed E-state index contributed by atoms with van der Waals surface area (Å²) in [6.45, 7) is 8.98. The molecular weight excluding hydrogens is 752 g/mol. The van der Waals surface area contributed by atoms with Crippen molar-refractivity contribution in [1.29, 1.82) is 0 Å². The Morgan fingerprint density at radius 1 is 0.796 bits per heavy atom. The minimum Gasteiger partial charge on any atom is -0.456 e. The highest BCUT2D eigenvalue weighted by Gasteiger charge is 2.57. The lowest BCUT2D eigenvalue weighted by atomic mass is 9.68. The van der Waals surface area contributed by atoms with Crippen LogP contribution in [-0.4, -0.2) is 54.2 Å². The smallest absolute Gasteiger partial charge is 0.456 e. The normalized spacial score (nSPS) is 14.8. The van der Waals surface area contributed by atoms with E-state index in [-0.39, 0.29) is 11.3 Å². The van der Waals surface area contributed by atoms with Crippen LogP contribution in [0.4, 0.5) is 35.1 Å². The van der Waals surface area contributed by atoms with Gasteiger partial charge < -0.3 is 20.6 Å². The van der Waals surface area contributed by atoms with E-state index in [1.54, 1.807) is 26.0 Å². The molecule has 4 N–H and O–H groups in total. The summed E-state index contributed by atoms with van der Waals surface area (Å²) >= 11 is 0.324. The van der Waals surface area contributed by atoms with Crippen molar-refractivity contribution < 1.29 is 63.3 Å². The van der Waals surface area contributed by atoms with Crippen LogP contribution < -0.4 is 11.5 Å². The van der Waals surface area contributed by atoms with Gasteiger partial charge in [-0.1, -0.05) is 44.9 Å². The van der Waals surface area contributed by atoms with E-state index in [1.165, 1.54) is 38.5 Å². The lowest BCUT2D eigenvalue weighted by Gasteiger charge is -2.42. The monoisotopic (exact) mass is 800 g/mol. The van der Waals surface area contributed by atoms with E-state index in [0.717, 1.165) is 43.2 Å². The summed E-state index contributed by atoms with van der Waals surface area (Å²) in [5.41, 5.74) is 11.5. The van der Waals surface area contributed by atoms with Crippen molar-refractivity contribution in [2.45, 2.75) is 128 Å². The highest BCUT2D eigenvalue weighted by Crippen LogP contribution is 2.41. The molecule has 0 amide bonds. The summed E-state index contributed by atoms with van der Waals surface area (Å²) in [6.07, 6.45) is -16.7. The molecule has 1 heterocycles. The van der Waals surface area contributed by atoms with Crippen LogP contribution in [0.2, 0.25) is 0 Å². The Morgan fingerprint density at radius 3 is 2.02 bits per heavy atom. The van der Waals surface area contributed by atoms with Gasteiger partial charge in [0, 0.05) is 26.9 Å². The zero-order valence-electron chi connectivity index (χ0n) is 31.2. The molecule has 304 valence electrons. The second-order valence-electron chi connectivity index (χ2n) is 14.7. The summed E-state index contributed by atoms with van der Waals surface area (Å²) < 4.78 is 133. The number of unbranched alkanes of at least 4 members (excludes halogenated alkanes) is 2. The number of benzene rings is 2. The fraction of sp³-hybridized carbons (Fsp3) is 0.595. The summed E-state index contributed by atoms with van der Waals surface area (Å²) in [6, 6.07) is 12.3. The third kappa shape index (κ3) is 13.1. The second-order valence-corrected chi connectivity index (χ2v) is 15.7. The van der Waals surface area contributed by atoms with Gasteiger partial charge in [-0.2, -0.15) is 17.6 Å². The summed E-state index contributed by atoms with van der Waals surface area (Å²) in [4.78, 5) is 12.7. The van der Waals surface area contributed by atoms with Crippen molar-refractivity contribution in [2.75, 3.05) is 12.4 Å². The van der Waals surface area contributed by atoms with Gasteiger partial charge >= 0.3 is 30.8 Å². The molecule has 0 saturated carbocycles. The number of ether oxygens (including phenoxy) is 4. The molecule has 0 aliphatic heterocycles. The number of carbonyl (C=O) groups excluding carboxylic acids is 1. The highest BCUT2D eigenvalue weighted by atomic mass is 32.2. The van der Waals surface area contributed by atoms with Gasteiger partial charge in [-0.05, 0) is 95.7 Å². The van der Waals surface area contributed by atoms with Gasteiger partial charge in [0.1, 0.15) is 11.3 Å². The maximum Gasteiger partial charge on any atom is 0.496 e. The maximum absolute atomic E-state index is 14.5. The highest BCUT2D eigenvalue weighted by molar-refractivity contribution is 7.99. The topological polar surface area (TPSA) is 119 Å². The molecular formula is C37H48F8N2O6S. The first-order valence-corrected chi connectivity index (χ1v) is 18.2. The average Bonchev–Trinajstić information content (AvgIpc) is 3.43. The van der Waals surface area contributed by atoms with Crippen LogP contribution >= 0.6 is 11.8 Å². The van der Waals surface area contributed by atoms with Gasteiger partial charge in [0.25, 0.3) is 0 Å². The number of rotatable bonds is 21. The molecule has 0 spiro atoms. The van der Waals surface area contributed by atoms with Gasteiger partial charge in [-0.15, -0.1) is 29.3 Å². The molecule has 0 saturated heterocycles. The van der Waals surface area contributed by atoms with Crippen LogP contribution in [0.3, 0.4) is 0 Å². The van der Waals surface area contributed by atoms with E-state index in [4.69, 9.17) is 15.9 Å². The molecule has 17 heteroatoms. The quantitative estimate of drug-likeness (QED) is 0.0357. The van der Waals surface area contributed by atoms with Crippen molar-refractivity contribution in [3.8, 4) is 11.3 Å². The average molecular weight is 801 g/mol. The largest absolute Gasteiger partial charge is 0.496 e. The number of alkyl halides is 8. The van der Waals surface area contributed by atoms with Crippen LogP contribution in [0.5, 0.6) is 0 Å². The van der Waals surface area contributed by atoms with Crippen LogP contribution in [0.1, 0.15) is 85.3 Å². The molecule has 1 atom stereocenters. The molecule has 0 aliphatic rings. The fourth-order valence-corrected chi connectivity index (χ4v) is 6.38. The second kappa shape index (κ2) is 17.0.